The van der Waals surface area contributed by atoms with Crippen LogP contribution in [0.4, 0.5) is 10.5 Å². The number of rotatable bonds is 8. The second-order valence-electron chi connectivity index (χ2n) is 9.43. The molecule has 0 aliphatic carbocycles. The van der Waals surface area contributed by atoms with Crippen LogP contribution in [-0.4, -0.2) is 40.7 Å². The van der Waals surface area contributed by atoms with Crippen LogP contribution in [-0.2, 0) is 4.74 Å². The van der Waals surface area contributed by atoms with Gasteiger partial charge in [-0.25, -0.2) is 9.78 Å². The highest BCUT2D eigenvalue weighted by atomic mass is 16.5. The van der Waals surface area contributed by atoms with Crippen LogP contribution >= 0.6 is 0 Å². The molecule has 0 bridgehead atoms. The number of carbonyl (C=O) groups is 1. The monoisotopic (exact) mass is 498 g/mol. The zero-order valence-electron chi connectivity index (χ0n) is 22.1. The fourth-order valence-electron chi connectivity index (χ4n) is 4.54. The Kier molecular flexibility index (Phi) is 8.04. The molecule has 37 heavy (non-hydrogen) atoms. The van der Waals surface area contributed by atoms with Gasteiger partial charge in [0.15, 0.2) is 0 Å². The van der Waals surface area contributed by atoms with Gasteiger partial charge in [0.1, 0.15) is 5.82 Å². The summed E-state index contributed by atoms with van der Waals surface area (Å²) in [5, 5.41) is 3.54. The highest BCUT2D eigenvalue weighted by Crippen LogP contribution is 2.26. The number of urea groups is 1. The highest BCUT2D eigenvalue weighted by Gasteiger charge is 2.27. The normalized spacial score (nSPS) is 11.9. The molecule has 3 aromatic carbocycles. The van der Waals surface area contributed by atoms with Crippen molar-refractivity contribution in [1.29, 1.82) is 0 Å². The van der Waals surface area contributed by atoms with Gasteiger partial charge in [-0.1, -0.05) is 47.5 Å². The lowest BCUT2D eigenvalue weighted by Crippen LogP contribution is -2.40. The molecule has 7 heteroatoms. The fraction of sp³-hybridized carbons (Fsp3) is 0.300. The number of anilines is 1. The predicted octanol–water partition coefficient (Wildman–Crippen LogP) is 5.94. The minimum Gasteiger partial charge on any atom is -0.385 e. The van der Waals surface area contributed by atoms with Gasteiger partial charge in [0.05, 0.1) is 22.6 Å². The number of amides is 2. The number of hydrogen-bond donors (Lipinski definition) is 1. The van der Waals surface area contributed by atoms with Gasteiger partial charge < -0.3 is 15.0 Å². The Bertz CT molecular complexity index is 1460. The van der Waals surface area contributed by atoms with E-state index in [0.29, 0.717) is 42.0 Å². The molecule has 0 saturated carbocycles. The standard InChI is InChI=1S/C30H34N4O3/c1-20-11-14-24(15-12-20)31-30(36)33(17-8-18-37-5)23(4)28-32-26-10-7-6-9-25(26)29(35)34(28)27-16-13-21(2)19-22(27)3/h6-7,9-16,19,23H,8,17-18H2,1-5H3,(H,31,36). The highest BCUT2D eigenvalue weighted by molar-refractivity contribution is 5.89. The van der Waals surface area contributed by atoms with Gasteiger partial charge in [0.2, 0.25) is 0 Å². The van der Waals surface area contributed by atoms with Gasteiger partial charge >= 0.3 is 6.03 Å². The third kappa shape index (κ3) is 5.73. The fourth-order valence-corrected chi connectivity index (χ4v) is 4.54. The third-order valence-corrected chi connectivity index (χ3v) is 6.55. The molecule has 0 radical (unpaired) electrons. The van der Waals surface area contributed by atoms with Crippen LogP contribution in [0.2, 0.25) is 0 Å². The number of nitrogens with zero attached hydrogens (tertiary/aromatic N) is 3. The van der Waals surface area contributed by atoms with E-state index in [-0.39, 0.29) is 11.6 Å². The zero-order chi connectivity index (χ0) is 26.5. The summed E-state index contributed by atoms with van der Waals surface area (Å²) in [5.74, 6) is 0.507. The van der Waals surface area contributed by atoms with Crippen molar-refractivity contribution in [3.8, 4) is 5.69 Å². The lowest BCUT2D eigenvalue weighted by molar-refractivity contribution is 0.159. The van der Waals surface area contributed by atoms with E-state index in [4.69, 9.17) is 9.72 Å². The number of para-hydroxylation sites is 1. The smallest absolute Gasteiger partial charge is 0.322 e. The molecule has 1 N–H and O–H groups in total. The second kappa shape index (κ2) is 11.4. The first-order valence-electron chi connectivity index (χ1n) is 12.5. The maximum atomic E-state index is 13.9. The second-order valence-corrected chi connectivity index (χ2v) is 9.43. The Morgan fingerprint density at radius 1 is 1.03 bits per heavy atom. The summed E-state index contributed by atoms with van der Waals surface area (Å²) in [6, 6.07) is 20.2. The van der Waals surface area contributed by atoms with Crippen LogP contribution in [0, 0.1) is 20.8 Å². The number of benzene rings is 3. The Hall–Kier alpha value is -3.97. The van der Waals surface area contributed by atoms with Gasteiger partial charge in [-0.05, 0) is 70.0 Å². The number of fused-ring (bicyclic) bond motifs is 1. The van der Waals surface area contributed by atoms with E-state index in [9.17, 15) is 9.59 Å². The number of carbonyl (C=O) groups excluding carboxylic acids is 1. The average Bonchev–Trinajstić information content (AvgIpc) is 2.88. The van der Waals surface area contributed by atoms with Crippen molar-refractivity contribution in [3.05, 3.63) is 99.6 Å². The number of nitrogens with one attached hydrogen (secondary N) is 1. The quantitative estimate of drug-likeness (QED) is 0.305. The van der Waals surface area contributed by atoms with Crippen molar-refractivity contribution < 1.29 is 9.53 Å². The number of aromatic nitrogens is 2. The van der Waals surface area contributed by atoms with Crippen molar-refractivity contribution >= 4 is 22.6 Å². The lowest BCUT2D eigenvalue weighted by Gasteiger charge is -2.31. The topological polar surface area (TPSA) is 76.5 Å². The number of methoxy groups -OCH3 is 1. The summed E-state index contributed by atoms with van der Waals surface area (Å²) in [4.78, 5) is 34.1. The molecule has 4 aromatic rings. The molecule has 1 aromatic heterocycles. The molecule has 2 amide bonds. The molecule has 0 spiro atoms. The van der Waals surface area contributed by atoms with Crippen LogP contribution in [0.15, 0.2) is 71.5 Å². The molecule has 1 heterocycles. The summed E-state index contributed by atoms with van der Waals surface area (Å²) < 4.78 is 6.91. The molecule has 1 atom stereocenters. The summed E-state index contributed by atoms with van der Waals surface area (Å²) in [5.41, 5.74) is 5.09. The molecule has 0 fully saturated rings. The van der Waals surface area contributed by atoms with Gasteiger partial charge in [-0.15, -0.1) is 0 Å². The Balaban J connectivity index is 1.83. The van der Waals surface area contributed by atoms with E-state index in [0.717, 1.165) is 22.4 Å². The van der Waals surface area contributed by atoms with Gasteiger partial charge in [-0.2, -0.15) is 0 Å². The van der Waals surface area contributed by atoms with Crippen molar-refractivity contribution in [3.63, 3.8) is 0 Å². The summed E-state index contributed by atoms with van der Waals surface area (Å²) in [6.07, 6.45) is 0.642. The molecule has 0 aliphatic heterocycles. The van der Waals surface area contributed by atoms with E-state index in [1.807, 2.05) is 88.4 Å². The predicted molar refractivity (Wildman–Crippen MR) is 149 cm³/mol. The maximum Gasteiger partial charge on any atom is 0.322 e. The van der Waals surface area contributed by atoms with Crippen LogP contribution in [0.25, 0.3) is 16.6 Å². The van der Waals surface area contributed by atoms with Crippen LogP contribution < -0.4 is 10.9 Å². The minimum absolute atomic E-state index is 0.157. The van der Waals surface area contributed by atoms with Crippen LogP contribution in [0.3, 0.4) is 0 Å². The Morgan fingerprint density at radius 3 is 2.43 bits per heavy atom. The molecule has 0 aliphatic rings. The van der Waals surface area contributed by atoms with E-state index < -0.39 is 6.04 Å². The molecular weight excluding hydrogens is 464 g/mol. The lowest BCUT2D eigenvalue weighted by atomic mass is 10.1. The van der Waals surface area contributed by atoms with Crippen molar-refractivity contribution in [1.82, 2.24) is 14.5 Å². The first-order chi connectivity index (χ1) is 17.8. The molecule has 7 nitrogen and oxygen atoms in total. The summed E-state index contributed by atoms with van der Waals surface area (Å²) in [6.45, 7) is 8.87. The zero-order valence-corrected chi connectivity index (χ0v) is 22.1. The van der Waals surface area contributed by atoms with Gasteiger partial charge in [-0.3, -0.25) is 9.36 Å². The van der Waals surface area contributed by atoms with E-state index in [1.54, 1.807) is 22.6 Å². The van der Waals surface area contributed by atoms with Crippen molar-refractivity contribution in [2.24, 2.45) is 0 Å². The number of ether oxygens (including phenoxy) is 1. The van der Waals surface area contributed by atoms with Gasteiger partial charge in [0, 0.05) is 25.9 Å². The van der Waals surface area contributed by atoms with E-state index >= 15 is 0 Å². The SMILES string of the molecule is COCCCN(C(=O)Nc1ccc(C)cc1)C(C)c1nc2ccccc2c(=O)n1-c1ccc(C)cc1C. The van der Waals surface area contributed by atoms with Crippen molar-refractivity contribution in [2.75, 3.05) is 25.6 Å². The Morgan fingerprint density at radius 2 is 1.73 bits per heavy atom. The third-order valence-electron chi connectivity index (χ3n) is 6.55. The van der Waals surface area contributed by atoms with Crippen LogP contribution in [0.5, 0.6) is 0 Å². The number of aryl methyl sites for hydroxylation is 3. The van der Waals surface area contributed by atoms with Crippen LogP contribution in [0.1, 0.15) is 41.9 Å². The molecule has 0 saturated heterocycles. The minimum atomic E-state index is -0.500. The maximum absolute atomic E-state index is 13.9. The van der Waals surface area contributed by atoms with Gasteiger partial charge in [0.25, 0.3) is 5.56 Å². The van der Waals surface area contributed by atoms with E-state index in [2.05, 4.69) is 5.32 Å². The molecule has 192 valence electrons. The first-order valence-corrected chi connectivity index (χ1v) is 12.5. The molecule has 4 rings (SSSR count). The van der Waals surface area contributed by atoms with E-state index in [1.165, 1.54) is 0 Å². The van der Waals surface area contributed by atoms with Crippen molar-refractivity contribution in [2.45, 2.75) is 40.2 Å². The largest absolute Gasteiger partial charge is 0.385 e. The summed E-state index contributed by atoms with van der Waals surface area (Å²) >= 11 is 0. The first kappa shape index (κ1) is 26.1. The Labute approximate surface area is 217 Å². The summed E-state index contributed by atoms with van der Waals surface area (Å²) in [7, 11) is 1.64. The molecule has 1 unspecified atom stereocenters. The average molecular weight is 499 g/mol. The molecular formula is C30H34N4O3. The number of hydrogen-bond acceptors (Lipinski definition) is 4.